The molecule has 0 aliphatic rings. The summed E-state index contributed by atoms with van der Waals surface area (Å²) in [5, 5.41) is 3.75. The van der Waals surface area contributed by atoms with Crippen LogP contribution in [0.15, 0.2) is 119 Å². The quantitative estimate of drug-likeness (QED) is 0.221. The molecule has 6 nitrogen and oxygen atoms in total. The topological polar surface area (TPSA) is 109 Å². The van der Waals surface area contributed by atoms with Crippen LogP contribution >= 0.6 is 15.8 Å². The molecule has 0 aliphatic carbocycles. The fourth-order valence-electron chi connectivity index (χ4n) is 4.43. The second kappa shape index (κ2) is 11.7. The largest absolute Gasteiger partial charge is 0.294 e. The predicted molar refractivity (Wildman–Crippen MR) is 157 cm³/mol. The van der Waals surface area contributed by atoms with Gasteiger partial charge in [0.05, 0.1) is 9.79 Å². The molecular formula is C28H28O6P2S2. The Balaban J connectivity index is 1.86. The standard InChI is InChI=1S/C28H28O6P2S2/c1-21(35(23-11-5-3-6-12-23)25-15-9-17-27(19-25)37(29,30)31)22(2)36(24-13-7-4-8-14-24)26-16-10-18-28(20-26)38(32,33)34/h3-22H,1-2H3,(H,29,30,31)(H,32,33,34). The van der Waals surface area contributed by atoms with E-state index in [9.17, 15) is 25.9 Å². The molecular weight excluding hydrogens is 558 g/mol. The summed E-state index contributed by atoms with van der Waals surface area (Å²) in [4.78, 5) is -0.297. The van der Waals surface area contributed by atoms with E-state index in [1.165, 1.54) is 12.1 Å². The lowest BCUT2D eigenvalue weighted by Gasteiger charge is -2.36. The highest BCUT2D eigenvalue weighted by molar-refractivity contribution is 7.86. The number of hydrogen-bond acceptors (Lipinski definition) is 4. The lowest BCUT2D eigenvalue weighted by Crippen LogP contribution is -2.32. The third-order valence-electron chi connectivity index (χ3n) is 6.37. The summed E-state index contributed by atoms with van der Waals surface area (Å²) in [6.45, 7) is 4.27. The van der Waals surface area contributed by atoms with E-state index < -0.39 is 36.1 Å². The van der Waals surface area contributed by atoms with Crippen LogP contribution in [-0.2, 0) is 20.2 Å². The van der Waals surface area contributed by atoms with Crippen LogP contribution in [0.1, 0.15) is 13.8 Å². The molecule has 2 N–H and O–H groups in total. The Morgan fingerprint density at radius 2 is 0.816 bits per heavy atom. The predicted octanol–water partition coefficient (Wildman–Crippen LogP) is 4.52. The zero-order chi connectivity index (χ0) is 27.5. The van der Waals surface area contributed by atoms with Gasteiger partial charge in [0.15, 0.2) is 0 Å². The van der Waals surface area contributed by atoms with E-state index in [4.69, 9.17) is 0 Å². The smallest absolute Gasteiger partial charge is 0.282 e. The molecule has 38 heavy (non-hydrogen) atoms. The molecule has 4 aromatic carbocycles. The van der Waals surface area contributed by atoms with Crippen LogP contribution < -0.4 is 21.2 Å². The summed E-state index contributed by atoms with van der Waals surface area (Å²) in [5.41, 5.74) is 0.0366. The summed E-state index contributed by atoms with van der Waals surface area (Å²) in [6.07, 6.45) is 0. The molecule has 0 saturated carbocycles. The molecule has 0 aromatic heterocycles. The average Bonchev–Trinajstić information content (AvgIpc) is 2.89. The molecule has 4 atom stereocenters. The normalized spacial score (nSPS) is 15.4. The first-order valence-corrected chi connectivity index (χ1v) is 17.5. The van der Waals surface area contributed by atoms with Crippen molar-refractivity contribution in [1.29, 1.82) is 0 Å². The van der Waals surface area contributed by atoms with Crippen LogP contribution in [0.5, 0.6) is 0 Å². The van der Waals surface area contributed by atoms with Gasteiger partial charge in [-0.25, -0.2) is 0 Å². The summed E-state index contributed by atoms with van der Waals surface area (Å²) in [6, 6.07) is 32.7. The molecule has 0 amide bonds. The van der Waals surface area contributed by atoms with Gasteiger partial charge in [-0.15, -0.1) is 0 Å². The van der Waals surface area contributed by atoms with Gasteiger partial charge >= 0.3 is 0 Å². The minimum absolute atomic E-state index is 0.0183. The summed E-state index contributed by atoms with van der Waals surface area (Å²) in [5.74, 6) is 0. The van der Waals surface area contributed by atoms with Crippen LogP contribution in [0.4, 0.5) is 0 Å². The van der Waals surface area contributed by atoms with Gasteiger partial charge in [-0.2, -0.15) is 16.8 Å². The molecule has 4 unspecified atom stereocenters. The minimum Gasteiger partial charge on any atom is -0.282 e. The third-order valence-corrected chi connectivity index (χ3v) is 14.2. The van der Waals surface area contributed by atoms with E-state index in [0.29, 0.717) is 0 Å². The third kappa shape index (κ3) is 6.58. The SMILES string of the molecule is CC(C(C)P(c1ccccc1)c1cccc(S(=O)(=O)O)c1)P(c1ccccc1)c1cccc(S(=O)(=O)O)c1. The number of rotatable bonds is 9. The van der Waals surface area contributed by atoms with Gasteiger partial charge < -0.3 is 0 Å². The molecule has 198 valence electrons. The first-order valence-electron chi connectivity index (χ1n) is 11.8. The van der Waals surface area contributed by atoms with Gasteiger partial charge in [-0.05, 0) is 72.6 Å². The maximum atomic E-state index is 11.9. The maximum Gasteiger partial charge on any atom is 0.294 e. The van der Waals surface area contributed by atoms with Crippen molar-refractivity contribution in [3.05, 3.63) is 109 Å². The first-order chi connectivity index (χ1) is 18.0. The van der Waals surface area contributed by atoms with E-state index in [0.717, 1.165) is 21.2 Å². The zero-order valence-corrected chi connectivity index (χ0v) is 24.2. The van der Waals surface area contributed by atoms with E-state index in [1.54, 1.807) is 24.3 Å². The van der Waals surface area contributed by atoms with E-state index in [-0.39, 0.29) is 21.1 Å². The van der Waals surface area contributed by atoms with Gasteiger partial charge in [0.2, 0.25) is 0 Å². The van der Waals surface area contributed by atoms with Gasteiger partial charge in [0.1, 0.15) is 0 Å². The minimum atomic E-state index is -4.37. The van der Waals surface area contributed by atoms with Crippen molar-refractivity contribution in [2.75, 3.05) is 0 Å². The molecule has 0 saturated heterocycles. The Morgan fingerprint density at radius 3 is 1.13 bits per heavy atom. The van der Waals surface area contributed by atoms with Crippen molar-refractivity contribution in [3.63, 3.8) is 0 Å². The molecule has 0 spiro atoms. The number of benzene rings is 4. The molecule has 0 heterocycles. The van der Waals surface area contributed by atoms with E-state index in [1.807, 2.05) is 72.8 Å². The fourth-order valence-corrected chi connectivity index (χ4v) is 11.8. The molecule has 0 radical (unpaired) electrons. The van der Waals surface area contributed by atoms with E-state index in [2.05, 4.69) is 13.8 Å². The van der Waals surface area contributed by atoms with Gasteiger partial charge in [-0.3, -0.25) is 9.11 Å². The monoisotopic (exact) mass is 586 g/mol. The summed E-state index contributed by atoms with van der Waals surface area (Å²) < 4.78 is 67.2. The van der Waals surface area contributed by atoms with Gasteiger partial charge in [-0.1, -0.05) is 98.8 Å². The van der Waals surface area contributed by atoms with Crippen LogP contribution in [-0.4, -0.2) is 37.3 Å². The van der Waals surface area contributed by atoms with Gasteiger partial charge in [0, 0.05) is 0 Å². The Labute approximate surface area is 226 Å². The molecule has 4 rings (SSSR count). The molecule has 10 heteroatoms. The summed E-state index contributed by atoms with van der Waals surface area (Å²) >= 11 is 0. The highest BCUT2D eigenvalue weighted by Gasteiger charge is 2.33. The van der Waals surface area contributed by atoms with Crippen molar-refractivity contribution in [2.24, 2.45) is 0 Å². The molecule has 0 aliphatic heterocycles. The molecule has 0 bridgehead atoms. The fraction of sp³-hybridized carbons (Fsp3) is 0.143. The zero-order valence-electron chi connectivity index (χ0n) is 20.8. The lowest BCUT2D eigenvalue weighted by atomic mass is 10.3. The highest BCUT2D eigenvalue weighted by Crippen LogP contribution is 2.51. The van der Waals surface area contributed by atoms with Crippen LogP contribution in [0, 0.1) is 0 Å². The van der Waals surface area contributed by atoms with Crippen LogP contribution in [0.3, 0.4) is 0 Å². The van der Waals surface area contributed by atoms with E-state index >= 15 is 0 Å². The lowest BCUT2D eigenvalue weighted by molar-refractivity contribution is 0.481. The van der Waals surface area contributed by atoms with Gasteiger partial charge in [0.25, 0.3) is 20.2 Å². The second-order valence-electron chi connectivity index (χ2n) is 8.84. The van der Waals surface area contributed by atoms with Crippen molar-refractivity contribution in [1.82, 2.24) is 0 Å². The highest BCUT2D eigenvalue weighted by atomic mass is 32.2. The summed E-state index contributed by atoms with van der Waals surface area (Å²) in [7, 11) is -10.9. The van der Waals surface area contributed by atoms with Crippen LogP contribution in [0.25, 0.3) is 0 Å². The Hall–Kier alpha value is -2.44. The molecule has 4 aromatic rings. The Bertz CT molecular complexity index is 1490. The first kappa shape index (κ1) is 28.6. The van der Waals surface area contributed by atoms with Crippen molar-refractivity contribution in [2.45, 2.75) is 35.0 Å². The molecule has 0 fully saturated rings. The average molecular weight is 587 g/mol. The van der Waals surface area contributed by atoms with Crippen molar-refractivity contribution in [3.8, 4) is 0 Å². The van der Waals surface area contributed by atoms with Crippen molar-refractivity contribution >= 4 is 57.3 Å². The van der Waals surface area contributed by atoms with Crippen molar-refractivity contribution < 1.29 is 25.9 Å². The van der Waals surface area contributed by atoms with Crippen LogP contribution in [0.2, 0.25) is 0 Å². The maximum absolute atomic E-state index is 11.9. The Morgan fingerprint density at radius 1 is 0.500 bits per heavy atom. The second-order valence-corrected chi connectivity index (χ2v) is 16.9. The Kier molecular flexibility index (Phi) is 8.83. The number of hydrogen-bond donors (Lipinski definition) is 2.